The maximum atomic E-state index is 5.95. The largest absolute Gasteiger partial charge is 0.345 e. The van der Waals surface area contributed by atoms with Crippen molar-refractivity contribution in [3.8, 4) is 0 Å². The molecule has 0 saturated carbocycles. The van der Waals surface area contributed by atoms with Gasteiger partial charge in [-0.25, -0.2) is 4.98 Å². The van der Waals surface area contributed by atoms with Crippen LogP contribution in [0.5, 0.6) is 0 Å². The van der Waals surface area contributed by atoms with Gasteiger partial charge in [-0.05, 0) is 19.1 Å². The number of rotatable bonds is 1. The number of hydrogen-bond donors (Lipinski definition) is 0. The summed E-state index contributed by atoms with van der Waals surface area (Å²) in [6.45, 7) is 3.01. The van der Waals surface area contributed by atoms with Gasteiger partial charge in [0.25, 0.3) is 0 Å². The smallest absolute Gasteiger partial charge is 0.153 e. The van der Waals surface area contributed by atoms with Crippen molar-refractivity contribution in [3.63, 3.8) is 0 Å². The molecule has 2 rings (SSSR count). The van der Waals surface area contributed by atoms with E-state index >= 15 is 0 Å². The zero-order valence-electron chi connectivity index (χ0n) is 6.79. The van der Waals surface area contributed by atoms with Gasteiger partial charge in [-0.1, -0.05) is 11.6 Å². The molecule has 0 N–H and O–H groups in total. The fraction of sp³-hybridized carbons (Fsp3) is 0.222. The number of aryl methyl sites for hydroxylation is 1. The van der Waals surface area contributed by atoms with Crippen LogP contribution in [0.15, 0.2) is 24.5 Å². The summed E-state index contributed by atoms with van der Waals surface area (Å²) >= 11 is 5.95. The van der Waals surface area contributed by atoms with E-state index in [-0.39, 0.29) is 0 Å². The van der Waals surface area contributed by atoms with Crippen molar-refractivity contribution in [2.45, 2.75) is 13.5 Å². The SMILES string of the molecule is CCn1ccc2ccnc(Cl)c21. The highest BCUT2D eigenvalue weighted by atomic mass is 35.5. The van der Waals surface area contributed by atoms with Crippen LogP contribution in [-0.2, 0) is 6.54 Å². The predicted molar refractivity (Wildman–Crippen MR) is 50.4 cm³/mol. The van der Waals surface area contributed by atoms with Gasteiger partial charge in [0.15, 0.2) is 5.15 Å². The third-order valence-electron chi connectivity index (χ3n) is 1.97. The molecule has 12 heavy (non-hydrogen) atoms. The van der Waals surface area contributed by atoms with E-state index in [0.29, 0.717) is 5.15 Å². The Bertz CT molecular complexity index is 406. The van der Waals surface area contributed by atoms with Gasteiger partial charge in [0.2, 0.25) is 0 Å². The molecule has 0 amide bonds. The van der Waals surface area contributed by atoms with Crippen molar-refractivity contribution in [1.82, 2.24) is 9.55 Å². The Morgan fingerprint density at radius 3 is 3.08 bits per heavy atom. The summed E-state index contributed by atoms with van der Waals surface area (Å²) in [5.41, 5.74) is 1.03. The average molecular weight is 181 g/mol. The Kier molecular flexibility index (Phi) is 1.77. The minimum absolute atomic E-state index is 0.583. The van der Waals surface area contributed by atoms with Gasteiger partial charge in [-0.15, -0.1) is 0 Å². The van der Waals surface area contributed by atoms with Gasteiger partial charge in [-0.2, -0.15) is 0 Å². The average Bonchev–Trinajstić information content (AvgIpc) is 2.49. The Hall–Kier alpha value is -1.02. The molecule has 2 nitrogen and oxygen atoms in total. The summed E-state index contributed by atoms with van der Waals surface area (Å²) < 4.78 is 2.09. The normalized spacial score (nSPS) is 10.8. The minimum atomic E-state index is 0.583. The molecule has 62 valence electrons. The number of pyridine rings is 1. The molecule has 2 aromatic rings. The van der Waals surface area contributed by atoms with E-state index < -0.39 is 0 Å². The van der Waals surface area contributed by atoms with Crippen molar-refractivity contribution in [2.75, 3.05) is 0 Å². The van der Waals surface area contributed by atoms with E-state index in [0.717, 1.165) is 17.4 Å². The highest BCUT2D eigenvalue weighted by molar-refractivity contribution is 6.33. The lowest BCUT2D eigenvalue weighted by molar-refractivity contribution is 0.796. The van der Waals surface area contributed by atoms with Crippen LogP contribution in [-0.4, -0.2) is 9.55 Å². The topological polar surface area (TPSA) is 17.8 Å². The van der Waals surface area contributed by atoms with Crippen LogP contribution >= 0.6 is 11.6 Å². The molecule has 0 fully saturated rings. The molecule has 0 aliphatic heterocycles. The Balaban J connectivity index is 2.83. The first-order chi connectivity index (χ1) is 5.83. The first-order valence-electron chi connectivity index (χ1n) is 3.92. The quantitative estimate of drug-likeness (QED) is 0.617. The molecule has 0 spiro atoms. The summed E-state index contributed by atoms with van der Waals surface area (Å²) in [6, 6.07) is 4.01. The van der Waals surface area contributed by atoms with Crippen LogP contribution in [0, 0.1) is 0 Å². The Morgan fingerprint density at radius 1 is 1.50 bits per heavy atom. The fourth-order valence-electron chi connectivity index (χ4n) is 1.37. The maximum absolute atomic E-state index is 5.95. The number of halogens is 1. The van der Waals surface area contributed by atoms with Crippen LogP contribution in [0.25, 0.3) is 10.9 Å². The van der Waals surface area contributed by atoms with Crippen LogP contribution < -0.4 is 0 Å². The third-order valence-corrected chi connectivity index (χ3v) is 2.25. The summed E-state index contributed by atoms with van der Waals surface area (Å²) in [7, 11) is 0. The zero-order valence-corrected chi connectivity index (χ0v) is 7.54. The number of aromatic nitrogens is 2. The Labute approximate surface area is 75.8 Å². The van der Waals surface area contributed by atoms with E-state index in [2.05, 4.69) is 16.5 Å². The van der Waals surface area contributed by atoms with Crippen LogP contribution in [0.2, 0.25) is 5.15 Å². The lowest BCUT2D eigenvalue weighted by atomic mass is 10.3. The second-order valence-electron chi connectivity index (χ2n) is 2.64. The van der Waals surface area contributed by atoms with Crippen LogP contribution in [0.1, 0.15) is 6.92 Å². The van der Waals surface area contributed by atoms with E-state index in [1.807, 2.05) is 18.3 Å². The van der Waals surface area contributed by atoms with Crippen molar-refractivity contribution >= 4 is 22.5 Å². The monoisotopic (exact) mass is 180 g/mol. The molecule has 2 heterocycles. The van der Waals surface area contributed by atoms with Crippen LogP contribution in [0.4, 0.5) is 0 Å². The summed E-state index contributed by atoms with van der Waals surface area (Å²) in [4.78, 5) is 4.03. The van der Waals surface area contributed by atoms with Gasteiger partial charge in [-0.3, -0.25) is 0 Å². The summed E-state index contributed by atoms with van der Waals surface area (Å²) in [5, 5.41) is 1.73. The molecule has 0 saturated heterocycles. The van der Waals surface area contributed by atoms with Crippen molar-refractivity contribution < 1.29 is 0 Å². The number of hydrogen-bond acceptors (Lipinski definition) is 1. The van der Waals surface area contributed by atoms with Gasteiger partial charge in [0.05, 0.1) is 5.52 Å². The molecule has 0 radical (unpaired) electrons. The highest BCUT2D eigenvalue weighted by Gasteiger charge is 2.03. The van der Waals surface area contributed by atoms with Gasteiger partial charge in [0.1, 0.15) is 0 Å². The fourth-order valence-corrected chi connectivity index (χ4v) is 1.64. The first-order valence-corrected chi connectivity index (χ1v) is 4.30. The molecule has 2 aromatic heterocycles. The van der Waals surface area contributed by atoms with Gasteiger partial charge < -0.3 is 4.57 Å². The molecular formula is C9H9ClN2. The Morgan fingerprint density at radius 2 is 2.33 bits per heavy atom. The molecule has 0 unspecified atom stereocenters. The molecular weight excluding hydrogens is 172 g/mol. The molecule has 0 aliphatic carbocycles. The van der Waals surface area contributed by atoms with Crippen LogP contribution in [0.3, 0.4) is 0 Å². The van der Waals surface area contributed by atoms with Crippen molar-refractivity contribution in [1.29, 1.82) is 0 Å². The van der Waals surface area contributed by atoms with Gasteiger partial charge >= 0.3 is 0 Å². The van der Waals surface area contributed by atoms with Crippen molar-refractivity contribution in [2.24, 2.45) is 0 Å². The summed E-state index contributed by atoms with van der Waals surface area (Å²) in [5.74, 6) is 0. The third kappa shape index (κ3) is 0.994. The molecule has 0 atom stereocenters. The second kappa shape index (κ2) is 2.79. The lowest BCUT2D eigenvalue weighted by Gasteiger charge is -2.00. The highest BCUT2D eigenvalue weighted by Crippen LogP contribution is 2.21. The van der Waals surface area contributed by atoms with E-state index in [9.17, 15) is 0 Å². The maximum Gasteiger partial charge on any atom is 0.153 e. The van der Waals surface area contributed by atoms with E-state index in [1.54, 1.807) is 6.20 Å². The lowest BCUT2D eigenvalue weighted by Crippen LogP contribution is -1.91. The molecule has 0 bridgehead atoms. The second-order valence-corrected chi connectivity index (χ2v) is 3.00. The molecule has 0 aliphatic rings. The predicted octanol–water partition coefficient (Wildman–Crippen LogP) is 2.71. The standard InChI is InChI=1S/C9H9ClN2/c1-2-12-6-4-7-3-5-11-9(10)8(7)12/h3-6H,2H2,1H3. The number of nitrogens with zero attached hydrogens (tertiary/aromatic N) is 2. The van der Waals surface area contributed by atoms with Crippen molar-refractivity contribution in [3.05, 3.63) is 29.7 Å². The molecule has 3 heteroatoms. The zero-order chi connectivity index (χ0) is 8.55. The number of fused-ring (bicyclic) bond motifs is 1. The summed E-state index contributed by atoms with van der Waals surface area (Å²) in [6.07, 6.45) is 3.75. The van der Waals surface area contributed by atoms with E-state index in [4.69, 9.17) is 11.6 Å². The molecule has 0 aromatic carbocycles. The minimum Gasteiger partial charge on any atom is -0.345 e. The van der Waals surface area contributed by atoms with E-state index in [1.165, 1.54) is 0 Å². The van der Waals surface area contributed by atoms with Gasteiger partial charge in [0, 0.05) is 24.3 Å². The first kappa shape index (κ1) is 7.62.